The number of hydrogen-bond acceptors (Lipinski definition) is 3. The van der Waals surface area contributed by atoms with E-state index in [0.717, 1.165) is 0 Å². The molecule has 1 aliphatic rings. The van der Waals surface area contributed by atoms with E-state index < -0.39 is 0 Å². The topological polar surface area (TPSA) is 53.1 Å². The highest BCUT2D eigenvalue weighted by molar-refractivity contribution is 5.74. The molecule has 1 aliphatic heterocycles. The van der Waals surface area contributed by atoms with Crippen molar-refractivity contribution in [3.05, 3.63) is 0 Å². The number of carbonyl (C=O) groups excluding carboxylic acids is 2. The van der Waals surface area contributed by atoms with E-state index in [1.165, 1.54) is 0 Å². The Morgan fingerprint density at radius 2 is 1.65 bits per heavy atom. The van der Waals surface area contributed by atoms with Crippen LogP contribution in [0.1, 0.15) is 13.8 Å². The molecule has 0 bridgehead atoms. The number of rotatable bonds is 2. The minimum Gasteiger partial charge on any atom is -0.450 e. The second-order valence-electron chi connectivity index (χ2n) is 3.97. The summed E-state index contributed by atoms with van der Waals surface area (Å²) in [5.41, 5.74) is 0. The molecule has 0 aromatic carbocycles. The summed E-state index contributed by atoms with van der Waals surface area (Å²) in [6, 6.07) is 0.0241. The number of carbonyl (C=O) groups is 2. The van der Waals surface area contributed by atoms with Crippen molar-refractivity contribution in [1.82, 2.24) is 14.7 Å². The van der Waals surface area contributed by atoms with Crippen LogP contribution in [0, 0.1) is 0 Å². The van der Waals surface area contributed by atoms with Crippen LogP contribution >= 0.6 is 0 Å². The third-order valence-corrected chi connectivity index (χ3v) is 2.88. The second kappa shape index (κ2) is 6.32. The molecule has 0 N–H and O–H groups in total. The summed E-state index contributed by atoms with van der Waals surface area (Å²) < 4.78 is 4.92. The maximum Gasteiger partial charge on any atom is 0.409 e. The molecule has 0 aromatic rings. The molecule has 0 radical (unpaired) electrons. The second-order valence-corrected chi connectivity index (χ2v) is 3.97. The van der Waals surface area contributed by atoms with Crippen molar-refractivity contribution in [3.8, 4) is 0 Å². The lowest BCUT2D eigenvalue weighted by Gasteiger charge is -2.35. The third-order valence-electron chi connectivity index (χ3n) is 2.88. The van der Waals surface area contributed by atoms with Crippen LogP contribution in [-0.2, 0) is 4.74 Å². The van der Waals surface area contributed by atoms with Crippen molar-refractivity contribution in [2.45, 2.75) is 13.8 Å². The van der Waals surface area contributed by atoms with Gasteiger partial charge in [-0.2, -0.15) is 0 Å². The van der Waals surface area contributed by atoms with E-state index >= 15 is 0 Å². The van der Waals surface area contributed by atoms with E-state index in [0.29, 0.717) is 39.3 Å². The minimum absolute atomic E-state index is 0.0241. The Kier molecular flexibility index (Phi) is 5.06. The van der Waals surface area contributed by atoms with Gasteiger partial charge < -0.3 is 19.4 Å². The van der Waals surface area contributed by atoms with Crippen LogP contribution < -0.4 is 0 Å². The molecular weight excluding hydrogens is 222 g/mol. The number of amides is 3. The van der Waals surface area contributed by atoms with Crippen molar-refractivity contribution in [2.75, 3.05) is 46.4 Å². The number of piperazine rings is 1. The molecule has 17 heavy (non-hydrogen) atoms. The summed E-state index contributed by atoms with van der Waals surface area (Å²) in [4.78, 5) is 28.4. The maximum absolute atomic E-state index is 11.8. The third kappa shape index (κ3) is 3.51. The Morgan fingerprint density at radius 1 is 1.12 bits per heavy atom. The average molecular weight is 243 g/mol. The number of hydrogen-bond donors (Lipinski definition) is 0. The van der Waals surface area contributed by atoms with Gasteiger partial charge in [-0.25, -0.2) is 9.59 Å². The summed E-state index contributed by atoms with van der Waals surface area (Å²) in [5.74, 6) is 0. The molecule has 0 spiro atoms. The molecule has 1 heterocycles. The summed E-state index contributed by atoms with van der Waals surface area (Å²) >= 11 is 0. The van der Waals surface area contributed by atoms with Gasteiger partial charge in [-0.05, 0) is 13.8 Å². The highest BCUT2D eigenvalue weighted by Gasteiger charge is 2.25. The van der Waals surface area contributed by atoms with Gasteiger partial charge in [-0.3, -0.25) is 0 Å². The van der Waals surface area contributed by atoms with Gasteiger partial charge in [0.05, 0.1) is 6.61 Å². The van der Waals surface area contributed by atoms with Crippen molar-refractivity contribution in [2.24, 2.45) is 0 Å². The molecule has 0 aliphatic carbocycles. The molecule has 6 nitrogen and oxygen atoms in total. The monoisotopic (exact) mass is 243 g/mol. The molecular formula is C11H21N3O3. The molecule has 1 saturated heterocycles. The van der Waals surface area contributed by atoms with Gasteiger partial charge in [-0.1, -0.05) is 0 Å². The normalized spacial score (nSPS) is 15.7. The molecule has 98 valence electrons. The van der Waals surface area contributed by atoms with Crippen LogP contribution in [0.25, 0.3) is 0 Å². The molecule has 0 saturated carbocycles. The van der Waals surface area contributed by atoms with Gasteiger partial charge in [0.15, 0.2) is 0 Å². The zero-order chi connectivity index (χ0) is 12.8. The molecule has 0 unspecified atom stereocenters. The van der Waals surface area contributed by atoms with Crippen molar-refractivity contribution >= 4 is 12.1 Å². The number of urea groups is 1. The van der Waals surface area contributed by atoms with E-state index in [1.54, 1.807) is 28.7 Å². The summed E-state index contributed by atoms with van der Waals surface area (Å²) in [5, 5.41) is 0. The predicted octanol–water partition coefficient (Wildman–Crippen LogP) is 0.832. The lowest BCUT2D eigenvalue weighted by atomic mass is 10.3. The lowest BCUT2D eigenvalue weighted by molar-refractivity contribution is 0.0805. The van der Waals surface area contributed by atoms with E-state index in [-0.39, 0.29) is 12.1 Å². The first-order valence-corrected chi connectivity index (χ1v) is 6.01. The molecule has 1 fully saturated rings. The predicted molar refractivity (Wildman–Crippen MR) is 63.9 cm³/mol. The lowest BCUT2D eigenvalue weighted by Crippen LogP contribution is -2.53. The van der Waals surface area contributed by atoms with Crippen molar-refractivity contribution < 1.29 is 14.3 Å². The Balaban J connectivity index is 2.40. The van der Waals surface area contributed by atoms with Gasteiger partial charge >= 0.3 is 12.1 Å². The maximum atomic E-state index is 11.8. The van der Waals surface area contributed by atoms with Gasteiger partial charge in [0.2, 0.25) is 0 Å². The van der Waals surface area contributed by atoms with Gasteiger partial charge in [-0.15, -0.1) is 0 Å². The minimum atomic E-state index is -0.288. The smallest absolute Gasteiger partial charge is 0.409 e. The Bertz CT molecular complexity index is 275. The first-order valence-electron chi connectivity index (χ1n) is 6.01. The van der Waals surface area contributed by atoms with Crippen LogP contribution in [0.15, 0.2) is 0 Å². The number of ether oxygens (including phenoxy) is 1. The van der Waals surface area contributed by atoms with Crippen LogP contribution in [0.5, 0.6) is 0 Å². The molecule has 3 amide bonds. The zero-order valence-electron chi connectivity index (χ0n) is 10.8. The SMILES string of the molecule is CCOC(=O)N1CCN(C(=O)N(C)CC)CC1. The fourth-order valence-corrected chi connectivity index (χ4v) is 1.67. The molecule has 0 atom stereocenters. The van der Waals surface area contributed by atoms with Crippen LogP contribution in [0.3, 0.4) is 0 Å². The fourth-order valence-electron chi connectivity index (χ4n) is 1.67. The first kappa shape index (κ1) is 13.6. The molecule has 0 aromatic heterocycles. The zero-order valence-corrected chi connectivity index (χ0v) is 10.8. The summed E-state index contributed by atoms with van der Waals surface area (Å²) in [6.07, 6.45) is -0.288. The average Bonchev–Trinajstić information content (AvgIpc) is 2.37. The number of nitrogens with zero attached hydrogens (tertiary/aromatic N) is 3. The van der Waals surface area contributed by atoms with Crippen LogP contribution in [-0.4, -0.2) is 73.2 Å². The van der Waals surface area contributed by atoms with E-state index in [1.807, 2.05) is 6.92 Å². The van der Waals surface area contributed by atoms with Crippen molar-refractivity contribution in [3.63, 3.8) is 0 Å². The highest BCUT2D eigenvalue weighted by Crippen LogP contribution is 2.06. The van der Waals surface area contributed by atoms with Crippen LogP contribution in [0.4, 0.5) is 9.59 Å². The quantitative estimate of drug-likeness (QED) is 0.722. The van der Waals surface area contributed by atoms with E-state index in [9.17, 15) is 9.59 Å². The Morgan fingerprint density at radius 3 is 2.12 bits per heavy atom. The Hall–Kier alpha value is -1.46. The summed E-state index contributed by atoms with van der Waals surface area (Å²) in [6.45, 7) is 7.03. The summed E-state index contributed by atoms with van der Waals surface area (Å²) in [7, 11) is 1.78. The highest BCUT2D eigenvalue weighted by atomic mass is 16.6. The first-order chi connectivity index (χ1) is 8.10. The van der Waals surface area contributed by atoms with Crippen LogP contribution in [0.2, 0.25) is 0 Å². The van der Waals surface area contributed by atoms with Gasteiger partial charge in [0, 0.05) is 39.8 Å². The largest absolute Gasteiger partial charge is 0.450 e. The van der Waals surface area contributed by atoms with Crippen molar-refractivity contribution in [1.29, 1.82) is 0 Å². The fraction of sp³-hybridized carbons (Fsp3) is 0.818. The molecule has 6 heteroatoms. The molecule has 1 rings (SSSR count). The van der Waals surface area contributed by atoms with Gasteiger partial charge in [0.1, 0.15) is 0 Å². The standard InChI is InChI=1S/C11H21N3O3/c1-4-12(3)10(15)13-6-8-14(9-7-13)11(16)17-5-2/h4-9H2,1-3H3. The van der Waals surface area contributed by atoms with E-state index in [4.69, 9.17) is 4.74 Å². The Labute approximate surface area is 102 Å². The van der Waals surface area contributed by atoms with E-state index in [2.05, 4.69) is 0 Å². The van der Waals surface area contributed by atoms with Gasteiger partial charge in [0.25, 0.3) is 0 Å².